The van der Waals surface area contributed by atoms with E-state index in [1.165, 1.54) is 5.56 Å². The topological polar surface area (TPSA) is 58.1 Å². The number of carbonyl (C=O) groups excluding carboxylic acids is 1. The van der Waals surface area contributed by atoms with Gasteiger partial charge in [0, 0.05) is 23.5 Å². The van der Waals surface area contributed by atoms with Crippen molar-refractivity contribution in [3.63, 3.8) is 0 Å². The highest BCUT2D eigenvalue weighted by atomic mass is 16.2. The number of hydrogen-bond donors (Lipinski definition) is 1. The number of nitrogens with zero attached hydrogens (tertiary/aromatic N) is 3. The number of anilines is 1. The lowest BCUT2D eigenvalue weighted by atomic mass is 9.75. The van der Waals surface area contributed by atoms with E-state index in [4.69, 9.17) is 0 Å². The van der Waals surface area contributed by atoms with Crippen LogP contribution in [0, 0.1) is 0 Å². The zero-order valence-electron chi connectivity index (χ0n) is 15.3. The molecule has 0 aliphatic carbocycles. The maximum Gasteiger partial charge on any atom is 0.241 e. The van der Waals surface area contributed by atoms with Crippen LogP contribution >= 0.6 is 0 Å². The first-order valence-electron chi connectivity index (χ1n) is 9.09. The van der Waals surface area contributed by atoms with E-state index in [2.05, 4.69) is 64.4 Å². The lowest BCUT2D eigenvalue weighted by molar-refractivity contribution is -0.118. The van der Waals surface area contributed by atoms with Crippen molar-refractivity contribution in [3.05, 3.63) is 72.1 Å². The number of carbonyl (C=O) groups is 1. The number of para-hydroxylation sites is 1. The van der Waals surface area contributed by atoms with Gasteiger partial charge in [-0.3, -0.25) is 14.8 Å². The minimum Gasteiger partial charge on any atom is -0.335 e. The standard InChI is InChI=1S/C22H20N4O/c1-21(2)16-5-3-4-6-19(16)26-14-20(27)25-22(21,26)10-9-15-7-8-17-18(13-15)24-12-11-23-17/h3-13H,14H2,1-2H3,(H,25,27)/b10-9+. The Morgan fingerprint density at radius 3 is 2.70 bits per heavy atom. The van der Waals surface area contributed by atoms with Crippen molar-refractivity contribution < 1.29 is 4.79 Å². The largest absolute Gasteiger partial charge is 0.335 e. The van der Waals surface area contributed by atoms with Crippen molar-refractivity contribution in [2.45, 2.75) is 24.9 Å². The number of hydrogen-bond acceptors (Lipinski definition) is 4. The highest BCUT2D eigenvalue weighted by Crippen LogP contribution is 2.52. The van der Waals surface area contributed by atoms with Crippen LogP contribution in [0.15, 0.2) is 60.9 Å². The van der Waals surface area contributed by atoms with E-state index in [9.17, 15) is 4.79 Å². The van der Waals surface area contributed by atoms with Crippen LogP contribution in [-0.4, -0.2) is 28.1 Å². The molecule has 5 nitrogen and oxygen atoms in total. The quantitative estimate of drug-likeness (QED) is 0.766. The predicted octanol–water partition coefficient (Wildman–Crippen LogP) is 3.27. The summed E-state index contributed by atoms with van der Waals surface area (Å²) in [7, 11) is 0. The Kier molecular flexibility index (Phi) is 3.20. The van der Waals surface area contributed by atoms with Crippen molar-refractivity contribution in [2.75, 3.05) is 11.4 Å². The molecular formula is C22H20N4O. The number of aromatic nitrogens is 2. The van der Waals surface area contributed by atoms with E-state index in [0.717, 1.165) is 22.3 Å². The molecule has 1 N–H and O–H groups in total. The monoisotopic (exact) mass is 356 g/mol. The summed E-state index contributed by atoms with van der Waals surface area (Å²) in [5, 5.41) is 3.25. The molecule has 1 amide bonds. The molecule has 134 valence electrons. The van der Waals surface area contributed by atoms with E-state index < -0.39 is 5.66 Å². The lowest BCUT2D eigenvalue weighted by Crippen LogP contribution is -2.58. The third-order valence-corrected chi connectivity index (χ3v) is 5.89. The molecule has 1 saturated heterocycles. The molecule has 0 bridgehead atoms. The first-order chi connectivity index (χ1) is 13.0. The molecule has 1 fully saturated rings. The second-order valence-electron chi connectivity index (χ2n) is 7.68. The molecular weight excluding hydrogens is 336 g/mol. The molecule has 27 heavy (non-hydrogen) atoms. The Balaban J connectivity index is 1.61. The van der Waals surface area contributed by atoms with Gasteiger partial charge in [-0.1, -0.05) is 44.2 Å². The van der Waals surface area contributed by atoms with Crippen molar-refractivity contribution in [1.82, 2.24) is 15.3 Å². The van der Waals surface area contributed by atoms with E-state index in [-0.39, 0.29) is 11.3 Å². The Morgan fingerprint density at radius 2 is 1.85 bits per heavy atom. The number of rotatable bonds is 2. The van der Waals surface area contributed by atoms with Gasteiger partial charge in [-0.05, 0) is 35.4 Å². The normalized spacial score (nSPS) is 22.9. The summed E-state index contributed by atoms with van der Waals surface area (Å²) in [6, 6.07) is 14.4. The zero-order chi connectivity index (χ0) is 18.6. The Bertz CT molecular complexity index is 1100. The Hall–Kier alpha value is -3.21. The van der Waals surface area contributed by atoms with Crippen LogP contribution in [0.3, 0.4) is 0 Å². The summed E-state index contributed by atoms with van der Waals surface area (Å²) in [6.07, 6.45) is 7.58. The van der Waals surface area contributed by atoms with Gasteiger partial charge < -0.3 is 10.2 Å². The van der Waals surface area contributed by atoms with Gasteiger partial charge >= 0.3 is 0 Å². The molecule has 5 heteroatoms. The van der Waals surface area contributed by atoms with Crippen LogP contribution in [0.4, 0.5) is 5.69 Å². The van der Waals surface area contributed by atoms with Crippen LogP contribution in [0.2, 0.25) is 0 Å². The third-order valence-electron chi connectivity index (χ3n) is 5.89. The number of fused-ring (bicyclic) bond motifs is 4. The highest BCUT2D eigenvalue weighted by molar-refractivity contribution is 5.91. The molecule has 2 aromatic carbocycles. The van der Waals surface area contributed by atoms with E-state index >= 15 is 0 Å². The van der Waals surface area contributed by atoms with Crippen molar-refractivity contribution in [2.24, 2.45) is 0 Å². The molecule has 1 atom stereocenters. The summed E-state index contributed by atoms with van der Waals surface area (Å²) in [5.41, 5.74) is 4.29. The molecule has 1 aromatic heterocycles. The van der Waals surface area contributed by atoms with Crippen LogP contribution in [0.1, 0.15) is 25.0 Å². The van der Waals surface area contributed by atoms with E-state index in [1.54, 1.807) is 12.4 Å². The number of nitrogens with one attached hydrogen (secondary N) is 1. The number of benzene rings is 2. The molecule has 2 aliphatic heterocycles. The van der Waals surface area contributed by atoms with Gasteiger partial charge in [0.15, 0.2) is 0 Å². The zero-order valence-corrected chi connectivity index (χ0v) is 15.3. The molecule has 3 aromatic rings. The maximum atomic E-state index is 12.3. The van der Waals surface area contributed by atoms with Crippen LogP contribution in [-0.2, 0) is 10.2 Å². The fraction of sp³-hybridized carbons (Fsp3) is 0.227. The average Bonchev–Trinajstić information content (AvgIpc) is 3.11. The van der Waals surface area contributed by atoms with Crippen LogP contribution in [0.5, 0.6) is 0 Å². The molecule has 1 unspecified atom stereocenters. The minimum atomic E-state index is -0.578. The van der Waals surface area contributed by atoms with Crippen LogP contribution in [0.25, 0.3) is 17.1 Å². The third kappa shape index (κ3) is 2.14. The molecule has 0 radical (unpaired) electrons. The maximum absolute atomic E-state index is 12.3. The van der Waals surface area contributed by atoms with E-state index in [1.807, 2.05) is 24.3 Å². The van der Waals surface area contributed by atoms with Gasteiger partial charge in [-0.25, -0.2) is 0 Å². The second kappa shape index (κ2) is 5.39. The summed E-state index contributed by atoms with van der Waals surface area (Å²) in [6.45, 7) is 4.75. The molecule has 5 rings (SSSR count). The minimum absolute atomic E-state index is 0.0478. The van der Waals surface area contributed by atoms with Gasteiger partial charge in [-0.15, -0.1) is 0 Å². The lowest BCUT2D eigenvalue weighted by Gasteiger charge is -2.40. The van der Waals surface area contributed by atoms with Crippen LogP contribution < -0.4 is 10.2 Å². The summed E-state index contributed by atoms with van der Waals surface area (Å²) >= 11 is 0. The Morgan fingerprint density at radius 1 is 1.07 bits per heavy atom. The molecule has 3 heterocycles. The van der Waals surface area contributed by atoms with Crippen molar-refractivity contribution in [1.29, 1.82) is 0 Å². The summed E-state index contributed by atoms with van der Waals surface area (Å²) in [5.74, 6) is 0.0478. The average molecular weight is 356 g/mol. The SMILES string of the molecule is CC1(C)c2ccccc2N2CC(=O)NC21/C=C/c1ccc2nccnc2c1. The molecule has 2 aliphatic rings. The first kappa shape index (κ1) is 16.0. The fourth-order valence-electron chi connectivity index (χ4n) is 4.44. The van der Waals surface area contributed by atoms with Gasteiger partial charge in [-0.2, -0.15) is 0 Å². The second-order valence-corrected chi connectivity index (χ2v) is 7.68. The molecule has 0 saturated carbocycles. The first-order valence-corrected chi connectivity index (χ1v) is 9.09. The molecule has 0 spiro atoms. The fourth-order valence-corrected chi connectivity index (χ4v) is 4.44. The smallest absolute Gasteiger partial charge is 0.241 e. The van der Waals surface area contributed by atoms with Gasteiger partial charge in [0.25, 0.3) is 0 Å². The van der Waals surface area contributed by atoms with Crippen molar-refractivity contribution >= 4 is 28.7 Å². The summed E-state index contributed by atoms with van der Waals surface area (Å²) < 4.78 is 0. The van der Waals surface area contributed by atoms with Crippen molar-refractivity contribution in [3.8, 4) is 0 Å². The summed E-state index contributed by atoms with van der Waals surface area (Å²) in [4.78, 5) is 23.2. The van der Waals surface area contributed by atoms with Gasteiger partial charge in [0.05, 0.1) is 17.6 Å². The number of amides is 1. The highest BCUT2D eigenvalue weighted by Gasteiger charge is 2.59. The predicted molar refractivity (Wildman–Crippen MR) is 106 cm³/mol. The Labute approximate surface area is 157 Å². The van der Waals surface area contributed by atoms with Gasteiger partial charge in [0.2, 0.25) is 5.91 Å². The van der Waals surface area contributed by atoms with E-state index in [0.29, 0.717) is 6.54 Å². The van der Waals surface area contributed by atoms with Gasteiger partial charge in [0.1, 0.15) is 5.66 Å².